The smallest absolute Gasteiger partial charge is 0.307 e. The second-order valence-electron chi connectivity index (χ2n) is 6.18. The molecule has 1 aliphatic heterocycles. The highest BCUT2D eigenvalue weighted by Crippen LogP contribution is 2.76. The number of nitrogens with two attached hydrogens (primary N) is 1. The molecule has 1 amide bonds. The number of amides is 1. The highest BCUT2D eigenvalue weighted by atomic mass is 19.1. The second kappa shape index (κ2) is 4.16. The van der Waals surface area contributed by atoms with Gasteiger partial charge in [-0.1, -0.05) is 0 Å². The molecule has 1 heterocycles. The van der Waals surface area contributed by atoms with Crippen LogP contribution in [0.3, 0.4) is 0 Å². The van der Waals surface area contributed by atoms with Crippen molar-refractivity contribution in [1.82, 2.24) is 5.32 Å². The Labute approximate surface area is 119 Å². The third-order valence-corrected chi connectivity index (χ3v) is 5.67. The maximum atomic E-state index is 14.5. The third kappa shape index (κ3) is 1.38. The predicted octanol–water partition coefficient (Wildman–Crippen LogP) is -0.646. The fourth-order valence-electron chi connectivity index (χ4n) is 5.07. The number of rotatable bonds is 4. The van der Waals surface area contributed by atoms with E-state index in [-0.39, 0.29) is 19.4 Å². The van der Waals surface area contributed by atoms with Crippen LogP contribution >= 0.6 is 0 Å². The summed E-state index contributed by atoms with van der Waals surface area (Å²) < 4.78 is 14.5. The molecule has 5 N–H and O–H groups in total. The lowest BCUT2D eigenvalue weighted by molar-refractivity contribution is -0.150. The molecule has 2 aliphatic carbocycles. The van der Waals surface area contributed by atoms with Crippen LogP contribution in [0, 0.1) is 23.2 Å². The number of carboxylic acids is 2. The Balaban J connectivity index is 2.17. The van der Waals surface area contributed by atoms with E-state index in [1.807, 2.05) is 0 Å². The van der Waals surface area contributed by atoms with Crippen LogP contribution in [0.5, 0.6) is 0 Å². The van der Waals surface area contributed by atoms with E-state index in [1.165, 1.54) is 0 Å². The van der Waals surface area contributed by atoms with E-state index < -0.39 is 52.7 Å². The van der Waals surface area contributed by atoms with E-state index in [1.54, 1.807) is 0 Å². The largest absolute Gasteiger partial charge is 0.481 e. The van der Waals surface area contributed by atoms with Gasteiger partial charge in [-0.3, -0.25) is 14.4 Å². The van der Waals surface area contributed by atoms with Crippen LogP contribution < -0.4 is 11.1 Å². The summed E-state index contributed by atoms with van der Waals surface area (Å²) in [5.41, 5.74) is 2.07. The molecule has 4 unspecified atom stereocenters. The zero-order chi connectivity index (χ0) is 15.6. The lowest BCUT2D eigenvalue weighted by atomic mass is 9.69. The summed E-state index contributed by atoms with van der Waals surface area (Å²) in [6.45, 7) is 0.178. The molecule has 0 aromatic heterocycles. The molecule has 0 bridgehead atoms. The Kier molecular flexibility index (Phi) is 2.82. The van der Waals surface area contributed by atoms with Gasteiger partial charge in [0, 0.05) is 5.41 Å². The first-order valence-electron chi connectivity index (χ1n) is 6.96. The van der Waals surface area contributed by atoms with Crippen LogP contribution in [0.25, 0.3) is 0 Å². The molecule has 21 heavy (non-hydrogen) atoms. The van der Waals surface area contributed by atoms with Crippen molar-refractivity contribution >= 4 is 17.8 Å². The van der Waals surface area contributed by atoms with Crippen molar-refractivity contribution in [3.8, 4) is 0 Å². The topological polar surface area (TPSA) is 130 Å². The van der Waals surface area contributed by atoms with Gasteiger partial charge in [-0.2, -0.15) is 0 Å². The van der Waals surface area contributed by atoms with Crippen molar-refractivity contribution in [3.05, 3.63) is 0 Å². The number of alkyl halides is 1. The summed E-state index contributed by atoms with van der Waals surface area (Å²) in [5, 5.41) is 21.5. The number of nitrogens with one attached hydrogen (secondary N) is 1. The zero-order valence-electron chi connectivity index (χ0n) is 11.2. The molecule has 2 saturated carbocycles. The van der Waals surface area contributed by atoms with E-state index in [4.69, 9.17) is 5.73 Å². The van der Waals surface area contributed by atoms with Gasteiger partial charge in [0.05, 0.1) is 11.8 Å². The maximum absolute atomic E-state index is 14.5. The van der Waals surface area contributed by atoms with E-state index in [0.717, 1.165) is 0 Å². The minimum Gasteiger partial charge on any atom is -0.481 e. The van der Waals surface area contributed by atoms with Crippen molar-refractivity contribution in [2.45, 2.75) is 31.0 Å². The van der Waals surface area contributed by atoms with E-state index in [2.05, 4.69) is 5.32 Å². The first kappa shape index (κ1) is 14.2. The van der Waals surface area contributed by atoms with Crippen molar-refractivity contribution in [1.29, 1.82) is 0 Å². The standard InChI is InChI=1S/C13H17FN2O5/c14-7-3-4-16-13(7,11(15)21)12-5(8(12)10(19)20)1-2-6(12)9(17)18/h5-8,16H,1-4H2,(H2,15,21)(H,17,18)(H,19,20)/t5?,6?,7-,8?,12?,13+/m0/s1. The Morgan fingerprint density at radius 3 is 2.19 bits per heavy atom. The molecular formula is C13H17FN2O5. The first-order chi connectivity index (χ1) is 9.81. The van der Waals surface area contributed by atoms with Crippen LogP contribution in [-0.2, 0) is 14.4 Å². The quantitative estimate of drug-likeness (QED) is 0.546. The Hall–Kier alpha value is -1.70. The molecule has 6 atom stereocenters. The molecule has 1 saturated heterocycles. The third-order valence-electron chi connectivity index (χ3n) is 5.67. The summed E-state index contributed by atoms with van der Waals surface area (Å²) >= 11 is 0. The van der Waals surface area contributed by atoms with Gasteiger partial charge in [-0.15, -0.1) is 0 Å². The Morgan fingerprint density at radius 1 is 1.14 bits per heavy atom. The molecule has 3 fully saturated rings. The van der Waals surface area contributed by atoms with Gasteiger partial charge >= 0.3 is 11.9 Å². The molecule has 116 valence electrons. The monoisotopic (exact) mass is 300 g/mol. The van der Waals surface area contributed by atoms with E-state index >= 15 is 0 Å². The van der Waals surface area contributed by atoms with Gasteiger partial charge in [0.2, 0.25) is 5.91 Å². The van der Waals surface area contributed by atoms with Crippen molar-refractivity contribution in [2.24, 2.45) is 28.9 Å². The summed E-state index contributed by atoms with van der Waals surface area (Å²) in [5.74, 6) is -6.00. The van der Waals surface area contributed by atoms with Gasteiger partial charge in [0.15, 0.2) is 0 Å². The molecule has 8 heteroatoms. The summed E-state index contributed by atoms with van der Waals surface area (Å²) in [6.07, 6.45) is -1.04. The Morgan fingerprint density at radius 2 is 1.81 bits per heavy atom. The van der Waals surface area contributed by atoms with Crippen molar-refractivity contribution in [2.75, 3.05) is 6.54 Å². The average Bonchev–Trinajstić information content (AvgIpc) is 2.70. The lowest BCUT2D eigenvalue weighted by Crippen LogP contribution is -2.66. The highest BCUT2D eigenvalue weighted by molar-refractivity contribution is 5.93. The molecule has 7 nitrogen and oxygen atoms in total. The number of carbonyl (C=O) groups excluding carboxylic acids is 1. The molecular weight excluding hydrogens is 283 g/mol. The molecule has 3 rings (SSSR count). The minimum absolute atomic E-state index is 0.0239. The number of aliphatic carboxylic acids is 2. The molecule has 3 aliphatic rings. The summed E-state index contributed by atoms with van der Waals surface area (Å²) in [7, 11) is 0. The number of carbonyl (C=O) groups is 3. The minimum atomic E-state index is -1.89. The number of halogens is 1. The van der Waals surface area contributed by atoms with Crippen molar-refractivity contribution < 1.29 is 29.0 Å². The van der Waals surface area contributed by atoms with Crippen LogP contribution in [0.15, 0.2) is 0 Å². The zero-order valence-corrected chi connectivity index (χ0v) is 11.2. The number of carboxylic acid groups (broad SMARTS) is 2. The van der Waals surface area contributed by atoms with Crippen LogP contribution in [0.1, 0.15) is 19.3 Å². The molecule has 0 aromatic rings. The average molecular weight is 300 g/mol. The van der Waals surface area contributed by atoms with Gasteiger partial charge < -0.3 is 21.3 Å². The fourth-order valence-corrected chi connectivity index (χ4v) is 5.07. The van der Waals surface area contributed by atoms with Crippen molar-refractivity contribution in [3.63, 3.8) is 0 Å². The number of hydrogen-bond donors (Lipinski definition) is 4. The van der Waals surface area contributed by atoms with Gasteiger partial charge in [-0.25, -0.2) is 4.39 Å². The molecule has 0 aromatic carbocycles. The number of hydrogen-bond acceptors (Lipinski definition) is 4. The van der Waals surface area contributed by atoms with Gasteiger partial charge in [0.1, 0.15) is 11.7 Å². The molecule has 0 spiro atoms. The van der Waals surface area contributed by atoms with Crippen LogP contribution in [-0.4, -0.2) is 46.3 Å². The lowest BCUT2D eigenvalue weighted by Gasteiger charge is -2.39. The SMILES string of the molecule is NC(=O)[C@]1(C23C(C(=O)O)CCC2C3C(=O)O)NCC[C@@H]1F. The number of fused-ring (bicyclic) bond motifs is 1. The summed E-state index contributed by atoms with van der Waals surface area (Å²) in [4.78, 5) is 35.0. The van der Waals surface area contributed by atoms with Crippen LogP contribution in [0.4, 0.5) is 4.39 Å². The highest BCUT2D eigenvalue weighted by Gasteiger charge is 2.86. The van der Waals surface area contributed by atoms with E-state index in [0.29, 0.717) is 6.42 Å². The van der Waals surface area contributed by atoms with Gasteiger partial charge in [-0.05, 0) is 31.7 Å². The van der Waals surface area contributed by atoms with E-state index in [9.17, 15) is 29.0 Å². The Bertz CT molecular complexity index is 541. The maximum Gasteiger partial charge on any atom is 0.307 e. The summed E-state index contributed by atoms with van der Waals surface area (Å²) in [6, 6.07) is 0. The van der Waals surface area contributed by atoms with Gasteiger partial charge in [0.25, 0.3) is 0 Å². The molecule has 0 radical (unpaired) electrons. The normalized spacial score (nSPS) is 47.9. The fraction of sp³-hybridized carbons (Fsp3) is 0.769. The van der Waals surface area contributed by atoms with Crippen LogP contribution in [0.2, 0.25) is 0 Å². The second-order valence-corrected chi connectivity index (χ2v) is 6.18. The first-order valence-corrected chi connectivity index (χ1v) is 6.96. The number of primary amides is 1. The predicted molar refractivity (Wildman–Crippen MR) is 66.8 cm³/mol.